The molecule has 156 valence electrons. The molecule has 1 heterocycles. The molecular weight excluding hydrogens is 389 g/mol. The number of amides is 2. The van der Waals surface area contributed by atoms with Gasteiger partial charge in [-0.15, -0.1) is 0 Å². The molecule has 2 amide bonds. The summed E-state index contributed by atoms with van der Waals surface area (Å²) >= 11 is 0. The van der Waals surface area contributed by atoms with Crippen molar-refractivity contribution in [3.63, 3.8) is 0 Å². The lowest BCUT2D eigenvalue weighted by molar-refractivity contribution is -0.142. The molecule has 0 fully saturated rings. The van der Waals surface area contributed by atoms with Crippen LogP contribution in [0.1, 0.15) is 18.1 Å². The molecule has 7 nitrogen and oxygen atoms in total. The number of aromatic amines is 1. The van der Waals surface area contributed by atoms with E-state index >= 15 is 0 Å². The highest BCUT2D eigenvalue weighted by Gasteiger charge is 2.27. The Hall–Kier alpha value is -3.68. The fourth-order valence-corrected chi connectivity index (χ4v) is 3.33. The zero-order valence-corrected chi connectivity index (χ0v) is 16.3. The number of aromatic nitrogens is 1. The van der Waals surface area contributed by atoms with Crippen LogP contribution in [0.15, 0.2) is 54.7 Å². The normalized spacial score (nSPS) is 12.9. The maximum Gasteiger partial charge on any atom is 0.326 e. The van der Waals surface area contributed by atoms with Crippen LogP contribution in [-0.2, 0) is 27.2 Å². The molecular formula is C22H22FN3O4. The van der Waals surface area contributed by atoms with Crippen molar-refractivity contribution in [2.75, 3.05) is 0 Å². The van der Waals surface area contributed by atoms with E-state index in [4.69, 9.17) is 0 Å². The van der Waals surface area contributed by atoms with Crippen LogP contribution in [0.25, 0.3) is 10.9 Å². The third-order valence-electron chi connectivity index (χ3n) is 4.79. The lowest BCUT2D eigenvalue weighted by Crippen LogP contribution is -2.52. The van der Waals surface area contributed by atoms with Crippen molar-refractivity contribution in [1.29, 1.82) is 0 Å². The van der Waals surface area contributed by atoms with E-state index in [1.165, 1.54) is 25.1 Å². The Labute approximate surface area is 172 Å². The minimum absolute atomic E-state index is 0.0532. The topological polar surface area (TPSA) is 111 Å². The van der Waals surface area contributed by atoms with Gasteiger partial charge in [-0.2, -0.15) is 0 Å². The SMILES string of the molecule is CC(=O)N[C@H](Cc1ccccc1F)C(=O)N[C@@H](Cc1c[nH]c2ccccc12)C(=O)O. The Morgan fingerprint density at radius 1 is 0.967 bits per heavy atom. The lowest BCUT2D eigenvalue weighted by atomic mass is 10.0. The van der Waals surface area contributed by atoms with E-state index in [0.717, 1.165) is 16.5 Å². The predicted octanol–water partition coefficient (Wildman–Crippen LogP) is 2.17. The van der Waals surface area contributed by atoms with Gasteiger partial charge in [0.25, 0.3) is 0 Å². The number of fused-ring (bicyclic) bond motifs is 1. The van der Waals surface area contributed by atoms with E-state index in [1.807, 2.05) is 24.3 Å². The fraction of sp³-hybridized carbons (Fsp3) is 0.227. The van der Waals surface area contributed by atoms with Crippen molar-refractivity contribution in [1.82, 2.24) is 15.6 Å². The Morgan fingerprint density at radius 2 is 1.63 bits per heavy atom. The van der Waals surface area contributed by atoms with E-state index in [9.17, 15) is 23.9 Å². The quantitative estimate of drug-likeness (QED) is 0.455. The number of halogens is 1. The van der Waals surface area contributed by atoms with Crippen LogP contribution in [0.5, 0.6) is 0 Å². The van der Waals surface area contributed by atoms with Gasteiger partial charge in [0.2, 0.25) is 11.8 Å². The van der Waals surface area contributed by atoms with Crippen LogP contribution < -0.4 is 10.6 Å². The minimum Gasteiger partial charge on any atom is -0.480 e. The highest BCUT2D eigenvalue weighted by Crippen LogP contribution is 2.19. The number of carbonyl (C=O) groups excluding carboxylic acids is 2. The van der Waals surface area contributed by atoms with Crippen molar-refractivity contribution in [2.45, 2.75) is 31.8 Å². The molecule has 2 aromatic carbocycles. The van der Waals surface area contributed by atoms with E-state index in [0.29, 0.717) is 0 Å². The van der Waals surface area contributed by atoms with Gasteiger partial charge in [0.05, 0.1) is 0 Å². The molecule has 0 aliphatic carbocycles. The highest BCUT2D eigenvalue weighted by atomic mass is 19.1. The first-order chi connectivity index (χ1) is 14.3. The van der Waals surface area contributed by atoms with E-state index < -0.39 is 35.7 Å². The Kier molecular flexibility index (Phi) is 6.46. The van der Waals surface area contributed by atoms with Crippen molar-refractivity contribution < 1.29 is 23.9 Å². The summed E-state index contributed by atoms with van der Waals surface area (Å²) in [6.07, 6.45) is 1.66. The number of nitrogens with one attached hydrogen (secondary N) is 3. The number of hydrogen-bond donors (Lipinski definition) is 4. The zero-order valence-electron chi connectivity index (χ0n) is 16.3. The number of carboxylic acid groups (broad SMARTS) is 1. The molecule has 0 bridgehead atoms. The van der Waals surface area contributed by atoms with Crippen molar-refractivity contribution >= 4 is 28.7 Å². The number of hydrogen-bond acceptors (Lipinski definition) is 3. The molecule has 0 aliphatic rings. The molecule has 0 spiro atoms. The smallest absolute Gasteiger partial charge is 0.326 e. The molecule has 1 aromatic heterocycles. The van der Waals surface area contributed by atoms with Gasteiger partial charge in [-0.25, -0.2) is 9.18 Å². The number of para-hydroxylation sites is 1. The lowest BCUT2D eigenvalue weighted by Gasteiger charge is -2.21. The average molecular weight is 411 g/mol. The van der Waals surface area contributed by atoms with Gasteiger partial charge in [-0.3, -0.25) is 9.59 Å². The Balaban J connectivity index is 1.78. The van der Waals surface area contributed by atoms with Gasteiger partial charge >= 0.3 is 5.97 Å². The molecule has 0 unspecified atom stereocenters. The molecule has 4 N–H and O–H groups in total. The number of carboxylic acids is 1. The van der Waals surface area contributed by atoms with E-state index in [1.54, 1.807) is 12.3 Å². The molecule has 30 heavy (non-hydrogen) atoms. The summed E-state index contributed by atoms with van der Waals surface area (Å²) in [5, 5.41) is 15.4. The zero-order chi connectivity index (χ0) is 21.7. The number of aliphatic carboxylic acids is 1. The highest BCUT2D eigenvalue weighted by molar-refractivity contribution is 5.91. The summed E-state index contributed by atoms with van der Waals surface area (Å²) in [6, 6.07) is 11.0. The third kappa shape index (κ3) is 5.02. The number of rotatable bonds is 8. The van der Waals surface area contributed by atoms with E-state index in [2.05, 4.69) is 15.6 Å². The maximum atomic E-state index is 14.0. The summed E-state index contributed by atoms with van der Waals surface area (Å²) in [6.45, 7) is 1.24. The Morgan fingerprint density at radius 3 is 2.33 bits per heavy atom. The van der Waals surface area contributed by atoms with Crippen molar-refractivity contribution in [2.24, 2.45) is 0 Å². The first-order valence-electron chi connectivity index (χ1n) is 9.44. The molecule has 3 aromatic rings. The van der Waals surface area contributed by atoms with Gasteiger partial charge in [-0.1, -0.05) is 36.4 Å². The minimum atomic E-state index is -1.21. The van der Waals surface area contributed by atoms with Crippen LogP contribution in [0.3, 0.4) is 0 Å². The molecule has 0 radical (unpaired) electrons. The van der Waals surface area contributed by atoms with Crippen molar-refractivity contribution in [3.05, 3.63) is 71.7 Å². The second kappa shape index (κ2) is 9.21. The van der Waals surface area contributed by atoms with Gasteiger partial charge < -0.3 is 20.7 Å². The average Bonchev–Trinajstić information content (AvgIpc) is 3.11. The fourth-order valence-electron chi connectivity index (χ4n) is 3.33. The number of carbonyl (C=O) groups is 3. The first-order valence-corrected chi connectivity index (χ1v) is 9.44. The molecule has 8 heteroatoms. The maximum absolute atomic E-state index is 14.0. The molecule has 0 saturated heterocycles. The largest absolute Gasteiger partial charge is 0.480 e. The first kappa shape index (κ1) is 21.0. The molecule has 0 aliphatic heterocycles. The van der Waals surface area contributed by atoms with Gasteiger partial charge in [-0.05, 0) is 23.3 Å². The van der Waals surface area contributed by atoms with Crippen LogP contribution in [0.2, 0.25) is 0 Å². The molecule has 0 saturated carbocycles. The second-order valence-electron chi connectivity index (χ2n) is 7.01. The Bertz CT molecular complexity index is 1080. The third-order valence-corrected chi connectivity index (χ3v) is 4.79. The van der Waals surface area contributed by atoms with Crippen LogP contribution in [-0.4, -0.2) is 40.0 Å². The predicted molar refractivity (Wildman–Crippen MR) is 109 cm³/mol. The molecule has 2 atom stereocenters. The van der Waals surface area contributed by atoms with Gasteiger partial charge in [0.15, 0.2) is 0 Å². The monoisotopic (exact) mass is 411 g/mol. The van der Waals surface area contributed by atoms with Crippen LogP contribution in [0.4, 0.5) is 4.39 Å². The second-order valence-corrected chi connectivity index (χ2v) is 7.01. The standard InChI is InChI=1S/C22H22FN3O4/c1-13(27)25-19(10-14-6-2-4-8-17(14)23)21(28)26-20(22(29)30)11-15-12-24-18-9-5-3-7-16(15)18/h2-9,12,19-20,24H,10-11H2,1H3,(H,25,27)(H,26,28)(H,29,30)/t19-,20+/m1/s1. The van der Waals surface area contributed by atoms with Gasteiger partial charge in [0, 0.05) is 36.9 Å². The summed E-state index contributed by atoms with van der Waals surface area (Å²) in [5.41, 5.74) is 1.84. The van der Waals surface area contributed by atoms with Crippen molar-refractivity contribution in [3.8, 4) is 0 Å². The summed E-state index contributed by atoms with van der Waals surface area (Å²) in [5.74, 6) is -2.88. The number of H-pyrrole nitrogens is 1. The van der Waals surface area contributed by atoms with Gasteiger partial charge in [0.1, 0.15) is 17.9 Å². The number of benzene rings is 2. The van der Waals surface area contributed by atoms with Crippen LogP contribution in [0, 0.1) is 5.82 Å². The van der Waals surface area contributed by atoms with Crippen LogP contribution >= 0.6 is 0 Å². The van der Waals surface area contributed by atoms with E-state index in [-0.39, 0.29) is 18.4 Å². The molecule has 3 rings (SSSR count). The summed E-state index contributed by atoms with van der Waals surface area (Å²) < 4.78 is 14.0. The summed E-state index contributed by atoms with van der Waals surface area (Å²) in [4.78, 5) is 39.2. The summed E-state index contributed by atoms with van der Waals surface area (Å²) in [7, 11) is 0.